The lowest BCUT2D eigenvalue weighted by molar-refractivity contribution is 0.0438. The third kappa shape index (κ3) is 2.33. The van der Waals surface area contributed by atoms with Crippen molar-refractivity contribution in [2.75, 3.05) is 0 Å². The Morgan fingerprint density at radius 3 is 2.95 bits per heavy atom. The average Bonchev–Trinajstić information content (AvgIpc) is 2.99. The molecule has 0 unspecified atom stereocenters. The predicted octanol–water partition coefficient (Wildman–Crippen LogP) is 3.18. The van der Waals surface area contributed by atoms with Gasteiger partial charge >= 0.3 is 5.97 Å². The molecule has 3 rings (SSSR count). The number of aromatic nitrogens is 1. The smallest absolute Gasteiger partial charge is 0.374 e. The fourth-order valence-corrected chi connectivity index (χ4v) is 1.90. The summed E-state index contributed by atoms with van der Waals surface area (Å²) in [4.78, 5) is 15.9. The Balaban J connectivity index is 1.81. The molecule has 0 amide bonds. The highest BCUT2D eigenvalue weighted by molar-refractivity contribution is 5.87. The molecule has 0 saturated carbocycles. The highest BCUT2D eigenvalue weighted by Crippen LogP contribution is 2.17. The van der Waals surface area contributed by atoms with E-state index in [2.05, 4.69) is 4.98 Å². The summed E-state index contributed by atoms with van der Waals surface area (Å²) in [5, 5.41) is 0.984. The molecular weight excluding hydrogens is 242 g/mol. The summed E-state index contributed by atoms with van der Waals surface area (Å²) >= 11 is 0. The molecule has 4 nitrogen and oxygen atoms in total. The average molecular weight is 253 g/mol. The Hall–Kier alpha value is -2.62. The van der Waals surface area contributed by atoms with E-state index in [0.717, 1.165) is 16.5 Å². The zero-order valence-corrected chi connectivity index (χ0v) is 10.1. The first-order valence-electron chi connectivity index (χ1n) is 5.88. The lowest BCUT2D eigenvalue weighted by Gasteiger charge is -2.06. The largest absolute Gasteiger partial charge is 0.457 e. The van der Waals surface area contributed by atoms with E-state index < -0.39 is 5.97 Å². The summed E-state index contributed by atoms with van der Waals surface area (Å²) in [5.41, 5.74) is 1.81. The van der Waals surface area contributed by atoms with E-state index in [4.69, 9.17) is 9.15 Å². The fraction of sp³-hybridized carbons (Fsp3) is 0.0667. The molecular formula is C15H11NO3. The van der Waals surface area contributed by atoms with Crippen LogP contribution in [0.2, 0.25) is 0 Å². The second kappa shape index (κ2) is 4.94. The standard InChI is InChI=1S/C15H11NO3/c17-15(14-7-3-9-18-14)19-10-11-4-1-6-13-12(11)5-2-8-16-13/h1-9H,10H2. The maximum absolute atomic E-state index is 11.7. The molecule has 0 aliphatic heterocycles. The minimum absolute atomic E-state index is 0.197. The van der Waals surface area contributed by atoms with Crippen LogP contribution in [0, 0.1) is 0 Å². The van der Waals surface area contributed by atoms with E-state index in [9.17, 15) is 4.79 Å². The number of carbonyl (C=O) groups is 1. The molecule has 0 spiro atoms. The Morgan fingerprint density at radius 2 is 2.11 bits per heavy atom. The topological polar surface area (TPSA) is 52.3 Å². The second-order valence-electron chi connectivity index (χ2n) is 4.04. The van der Waals surface area contributed by atoms with E-state index in [1.807, 2.05) is 30.3 Å². The first-order chi connectivity index (χ1) is 9.34. The second-order valence-corrected chi connectivity index (χ2v) is 4.04. The monoisotopic (exact) mass is 253 g/mol. The molecule has 94 valence electrons. The fourth-order valence-electron chi connectivity index (χ4n) is 1.90. The zero-order valence-electron chi connectivity index (χ0n) is 10.1. The SMILES string of the molecule is O=C(OCc1cccc2ncccc12)c1ccco1. The van der Waals surface area contributed by atoms with Gasteiger partial charge in [0.15, 0.2) is 0 Å². The molecule has 0 radical (unpaired) electrons. The number of esters is 1. The van der Waals surface area contributed by atoms with Crippen molar-refractivity contribution in [2.45, 2.75) is 6.61 Å². The number of hydrogen-bond donors (Lipinski definition) is 0. The molecule has 0 atom stereocenters. The molecule has 0 bridgehead atoms. The van der Waals surface area contributed by atoms with Crippen molar-refractivity contribution in [3.05, 3.63) is 66.2 Å². The van der Waals surface area contributed by atoms with Gasteiger partial charge in [0.1, 0.15) is 6.61 Å². The van der Waals surface area contributed by atoms with Crippen LogP contribution in [0.1, 0.15) is 16.1 Å². The Morgan fingerprint density at radius 1 is 1.16 bits per heavy atom. The van der Waals surface area contributed by atoms with Gasteiger partial charge in [0, 0.05) is 11.6 Å². The number of hydrogen-bond acceptors (Lipinski definition) is 4. The van der Waals surface area contributed by atoms with Gasteiger partial charge in [-0.1, -0.05) is 18.2 Å². The molecule has 0 aliphatic carbocycles. The molecule has 0 N–H and O–H groups in total. The maximum atomic E-state index is 11.7. The van der Waals surface area contributed by atoms with E-state index >= 15 is 0 Å². The third-order valence-corrected chi connectivity index (χ3v) is 2.82. The van der Waals surface area contributed by atoms with Gasteiger partial charge in [0.05, 0.1) is 11.8 Å². The van der Waals surface area contributed by atoms with Gasteiger partial charge < -0.3 is 9.15 Å². The van der Waals surface area contributed by atoms with Gasteiger partial charge in [-0.15, -0.1) is 0 Å². The van der Waals surface area contributed by atoms with E-state index in [-0.39, 0.29) is 12.4 Å². The summed E-state index contributed by atoms with van der Waals surface area (Å²) in [6, 6.07) is 12.8. The van der Waals surface area contributed by atoms with Gasteiger partial charge in [-0.25, -0.2) is 4.79 Å². The van der Waals surface area contributed by atoms with Crippen molar-refractivity contribution in [3.8, 4) is 0 Å². The molecule has 19 heavy (non-hydrogen) atoms. The Bertz CT molecular complexity index is 699. The molecule has 0 fully saturated rings. The van der Waals surface area contributed by atoms with Crippen molar-refractivity contribution < 1.29 is 13.9 Å². The number of carbonyl (C=O) groups excluding carboxylic acids is 1. The number of fused-ring (bicyclic) bond motifs is 1. The van der Waals surface area contributed by atoms with Gasteiger partial charge in [0.25, 0.3) is 0 Å². The summed E-state index contributed by atoms with van der Waals surface area (Å²) in [6.45, 7) is 0.197. The van der Waals surface area contributed by atoms with Gasteiger partial charge in [-0.2, -0.15) is 0 Å². The van der Waals surface area contributed by atoms with Gasteiger partial charge in [0.2, 0.25) is 5.76 Å². The molecule has 4 heteroatoms. The van der Waals surface area contributed by atoms with Crippen LogP contribution in [0.25, 0.3) is 10.9 Å². The van der Waals surface area contributed by atoms with Crippen molar-refractivity contribution in [2.24, 2.45) is 0 Å². The normalized spacial score (nSPS) is 10.5. The van der Waals surface area contributed by atoms with Gasteiger partial charge in [-0.05, 0) is 29.8 Å². The van der Waals surface area contributed by atoms with Crippen LogP contribution >= 0.6 is 0 Å². The molecule has 0 saturated heterocycles. The number of ether oxygens (including phenoxy) is 1. The van der Waals surface area contributed by atoms with Crippen molar-refractivity contribution >= 4 is 16.9 Å². The van der Waals surface area contributed by atoms with Gasteiger partial charge in [-0.3, -0.25) is 4.98 Å². The summed E-state index contributed by atoms with van der Waals surface area (Å²) in [5.74, 6) is -0.260. The molecule has 2 heterocycles. The van der Waals surface area contributed by atoms with E-state index in [1.54, 1.807) is 18.3 Å². The Labute approximate surface area is 109 Å². The summed E-state index contributed by atoms with van der Waals surface area (Å²) < 4.78 is 10.2. The predicted molar refractivity (Wildman–Crippen MR) is 69.6 cm³/mol. The zero-order chi connectivity index (χ0) is 13.1. The molecule has 0 aliphatic rings. The lowest BCUT2D eigenvalue weighted by Crippen LogP contribution is -2.04. The molecule has 2 aromatic heterocycles. The van der Waals surface area contributed by atoms with Crippen LogP contribution in [0.3, 0.4) is 0 Å². The van der Waals surface area contributed by atoms with Crippen LogP contribution in [0.4, 0.5) is 0 Å². The minimum Gasteiger partial charge on any atom is -0.457 e. The lowest BCUT2D eigenvalue weighted by atomic mass is 10.1. The van der Waals surface area contributed by atoms with Crippen LogP contribution in [0.15, 0.2) is 59.3 Å². The minimum atomic E-state index is -0.467. The van der Waals surface area contributed by atoms with E-state index in [1.165, 1.54) is 6.26 Å². The van der Waals surface area contributed by atoms with Crippen molar-refractivity contribution in [1.29, 1.82) is 0 Å². The van der Waals surface area contributed by atoms with Crippen LogP contribution in [-0.4, -0.2) is 11.0 Å². The Kier molecular flexibility index (Phi) is 2.98. The molecule has 1 aromatic carbocycles. The highest BCUT2D eigenvalue weighted by atomic mass is 16.5. The van der Waals surface area contributed by atoms with E-state index in [0.29, 0.717) is 0 Å². The van der Waals surface area contributed by atoms with Crippen molar-refractivity contribution in [3.63, 3.8) is 0 Å². The number of nitrogens with zero attached hydrogens (tertiary/aromatic N) is 1. The van der Waals surface area contributed by atoms with Crippen LogP contribution in [0.5, 0.6) is 0 Å². The first-order valence-corrected chi connectivity index (χ1v) is 5.88. The number of benzene rings is 1. The third-order valence-electron chi connectivity index (χ3n) is 2.82. The quantitative estimate of drug-likeness (QED) is 0.673. The molecule has 3 aromatic rings. The summed E-state index contributed by atoms with van der Waals surface area (Å²) in [6.07, 6.45) is 3.18. The van der Waals surface area contributed by atoms with Crippen molar-refractivity contribution in [1.82, 2.24) is 4.98 Å². The summed E-state index contributed by atoms with van der Waals surface area (Å²) in [7, 11) is 0. The number of pyridine rings is 1. The van der Waals surface area contributed by atoms with Crippen LogP contribution in [-0.2, 0) is 11.3 Å². The maximum Gasteiger partial charge on any atom is 0.374 e. The first kappa shape index (κ1) is 11.5. The highest BCUT2D eigenvalue weighted by Gasteiger charge is 2.11. The number of furan rings is 1. The number of rotatable bonds is 3. The van der Waals surface area contributed by atoms with Crippen LogP contribution < -0.4 is 0 Å².